The summed E-state index contributed by atoms with van der Waals surface area (Å²) in [5.74, 6) is 0.171. The number of likely N-dealkylation sites (tertiary alicyclic amines) is 1. The van der Waals surface area contributed by atoms with Crippen LogP contribution in [-0.2, 0) is 4.79 Å². The monoisotopic (exact) mass is 269 g/mol. The number of hydrogen-bond donors (Lipinski definition) is 2. The van der Waals surface area contributed by atoms with Gasteiger partial charge in [0.2, 0.25) is 5.91 Å². The summed E-state index contributed by atoms with van der Waals surface area (Å²) in [7, 11) is 0. The number of amides is 1. The van der Waals surface area contributed by atoms with Gasteiger partial charge in [0.15, 0.2) is 0 Å². The molecule has 1 aliphatic rings. The summed E-state index contributed by atoms with van der Waals surface area (Å²) >= 11 is 0. The molecule has 1 heterocycles. The minimum absolute atomic E-state index is 0.171. The zero-order valence-corrected chi connectivity index (χ0v) is 13.0. The first-order chi connectivity index (χ1) is 9.08. The Morgan fingerprint density at radius 3 is 2.68 bits per heavy atom. The summed E-state index contributed by atoms with van der Waals surface area (Å²) in [6.07, 6.45) is 4.68. The second-order valence-electron chi connectivity index (χ2n) is 5.76. The number of nitrogens with one attached hydrogen (secondary N) is 2. The molecule has 0 bridgehead atoms. The van der Waals surface area contributed by atoms with Crippen LogP contribution in [0.2, 0.25) is 0 Å². The molecular formula is C15H31N3O. The van der Waals surface area contributed by atoms with Gasteiger partial charge in [0.25, 0.3) is 0 Å². The lowest BCUT2D eigenvalue weighted by molar-refractivity contribution is -0.123. The molecule has 3 atom stereocenters. The average molecular weight is 269 g/mol. The van der Waals surface area contributed by atoms with Crippen LogP contribution in [0.4, 0.5) is 0 Å². The van der Waals surface area contributed by atoms with Crippen LogP contribution in [0.3, 0.4) is 0 Å². The molecule has 0 aromatic carbocycles. The van der Waals surface area contributed by atoms with E-state index in [-0.39, 0.29) is 11.9 Å². The molecule has 1 amide bonds. The maximum absolute atomic E-state index is 12.0. The highest BCUT2D eigenvalue weighted by atomic mass is 16.2. The Bertz CT molecular complexity index is 270. The smallest absolute Gasteiger partial charge is 0.234 e. The van der Waals surface area contributed by atoms with Gasteiger partial charge in [-0.2, -0.15) is 0 Å². The van der Waals surface area contributed by atoms with E-state index in [1.54, 1.807) is 0 Å². The second-order valence-corrected chi connectivity index (χ2v) is 5.76. The maximum atomic E-state index is 12.0. The quantitative estimate of drug-likeness (QED) is 0.740. The fourth-order valence-corrected chi connectivity index (χ4v) is 2.84. The maximum Gasteiger partial charge on any atom is 0.234 e. The Hall–Kier alpha value is -0.610. The largest absolute Gasteiger partial charge is 0.353 e. The first kappa shape index (κ1) is 16.4. The van der Waals surface area contributed by atoms with Gasteiger partial charge in [0, 0.05) is 18.1 Å². The van der Waals surface area contributed by atoms with Gasteiger partial charge in [-0.05, 0) is 46.2 Å². The zero-order valence-electron chi connectivity index (χ0n) is 13.0. The molecule has 0 aromatic heterocycles. The van der Waals surface area contributed by atoms with E-state index in [0.29, 0.717) is 18.6 Å². The topological polar surface area (TPSA) is 44.4 Å². The van der Waals surface area contributed by atoms with Crippen LogP contribution in [0.25, 0.3) is 0 Å². The van der Waals surface area contributed by atoms with Crippen molar-refractivity contribution in [3.05, 3.63) is 0 Å². The molecule has 1 saturated heterocycles. The third-order valence-corrected chi connectivity index (χ3v) is 4.13. The van der Waals surface area contributed by atoms with E-state index in [0.717, 1.165) is 19.5 Å². The minimum Gasteiger partial charge on any atom is -0.353 e. The number of likely N-dealkylation sites (N-methyl/N-ethyl adjacent to an activating group) is 1. The third kappa shape index (κ3) is 5.49. The van der Waals surface area contributed by atoms with Crippen molar-refractivity contribution in [2.24, 2.45) is 0 Å². The molecule has 1 aliphatic heterocycles. The summed E-state index contributed by atoms with van der Waals surface area (Å²) in [4.78, 5) is 14.4. The van der Waals surface area contributed by atoms with E-state index < -0.39 is 0 Å². The van der Waals surface area contributed by atoms with E-state index in [1.807, 2.05) is 0 Å². The number of nitrogens with zero attached hydrogens (tertiary/aromatic N) is 1. The van der Waals surface area contributed by atoms with Gasteiger partial charge in [0.1, 0.15) is 0 Å². The highest BCUT2D eigenvalue weighted by molar-refractivity contribution is 5.78. The lowest BCUT2D eigenvalue weighted by Gasteiger charge is -2.39. The van der Waals surface area contributed by atoms with Crippen molar-refractivity contribution >= 4 is 5.91 Å². The highest BCUT2D eigenvalue weighted by Crippen LogP contribution is 2.19. The first-order valence-corrected chi connectivity index (χ1v) is 7.85. The van der Waals surface area contributed by atoms with Gasteiger partial charge in [0.05, 0.1) is 6.54 Å². The molecule has 112 valence electrons. The SMILES string of the molecule is CCNC(C)C1CCCCN1CC(=O)NC(C)CC. The van der Waals surface area contributed by atoms with Gasteiger partial charge in [-0.15, -0.1) is 0 Å². The Balaban J connectivity index is 2.50. The summed E-state index contributed by atoms with van der Waals surface area (Å²) in [6, 6.07) is 1.24. The molecule has 0 aliphatic carbocycles. The molecule has 1 fully saturated rings. The molecule has 1 rings (SSSR count). The Labute approximate surface area is 118 Å². The zero-order chi connectivity index (χ0) is 14.3. The van der Waals surface area contributed by atoms with Crippen LogP contribution in [0, 0.1) is 0 Å². The fourth-order valence-electron chi connectivity index (χ4n) is 2.84. The number of carbonyl (C=O) groups is 1. The van der Waals surface area contributed by atoms with Crippen LogP contribution < -0.4 is 10.6 Å². The predicted molar refractivity (Wildman–Crippen MR) is 80.2 cm³/mol. The molecule has 19 heavy (non-hydrogen) atoms. The van der Waals surface area contributed by atoms with Gasteiger partial charge < -0.3 is 10.6 Å². The molecular weight excluding hydrogens is 238 g/mol. The van der Waals surface area contributed by atoms with Gasteiger partial charge in [-0.1, -0.05) is 20.3 Å². The molecule has 3 unspecified atom stereocenters. The van der Waals surface area contributed by atoms with Crippen molar-refractivity contribution < 1.29 is 4.79 Å². The van der Waals surface area contributed by atoms with Crippen LogP contribution in [-0.4, -0.2) is 48.6 Å². The van der Waals surface area contributed by atoms with E-state index in [4.69, 9.17) is 0 Å². The van der Waals surface area contributed by atoms with E-state index in [2.05, 4.69) is 43.2 Å². The van der Waals surface area contributed by atoms with Crippen molar-refractivity contribution in [3.8, 4) is 0 Å². The highest BCUT2D eigenvalue weighted by Gasteiger charge is 2.28. The number of hydrogen-bond acceptors (Lipinski definition) is 3. The van der Waals surface area contributed by atoms with Crippen molar-refractivity contribution in [1.82, 2.24) is 15.5 Å². The van der Waals surface area contributed by atoms with Crippen molar-refractivity contribution in [2.45, 2.75) is 71.5 Å². The normalized spacial score (nSPS) is 23.9. The molecule has 0 saturated carbocycles. The second kappa shape index (κ2) is 8.54. The van der Waals surface area contributed by atoms with Crippen molar-refractivity contribution in [3.63, 3.8) is 0 Å². The lowest BCUT2D eigenvalue weighted by Crippen LogP contribution is -2.54. The fraction of sp³-hybridized carbons (Fsp3) is 0.933. The van der Waals surface area contributed by atoms with Crippen molar-refractivity contribution in [1.29, 1.82) is 0 Å². The summed E-state index contributed by atoms with van der Waals surface area (Å²) in [5.41, 5.74) is 0. The van der Waals surface area contributed by atoms with Crippen LogP contribution in [0.1, 0.15) is 53.4 Å². The Kier molecular flexibility index (Phi) is 7.39. The third-order valence-electron chi connectivity index (χ3n) is 4.13. The average Bonchev–Trinajstić information content (AvgIpc) is 2.39. The molecule has 0 spiro atoms. The van der Waals surface area contributed by atoms with E-state index in [1.165, 1.54) is 19.3 Å². The summed E-state index contributed by atoms with van der Waals surface area (Å²) < 4.78 is 0. The number of rotatable bonds is 7. The predicted octanol–water partition coefficient (Wildman–Crippen LogP) is 1.75. The number of carbonyl (C=O) groups excluding carboxylic acids is 1. The van der Waals surface area contributed by atoms with Crippen molar-refractivity contribution in [2.75, 3.05) is 19.6 Å². The first-order valence-electron chi connectivity index (χ1n) is 7.85. The summed E-state index contributed by atoms with van der Waals surface area (Å²) in [6.45, 7) is 11.1. The van der Waals surface area contributed by atoms with E-state index in [9.17, 15) is 4.79 Å². The molecule has 4 heteroatoms. The summed E-state index contributed by atoms with van der Waals surface area (Å²) in [5, 5.41) is 6.56. The minimum atomic E-state index is 0.171. The van der Waals surface area contributed by atoms with E-state index >= 15 is 0 Å². The Morgan fingerprint density at radius 2 is 2.05 bits per heavy atom. The number of piperidine rings is 1. The van der Waals surface area contributed by atoms with Crippen LogP contribution in [0.5, 0.6) is 0 Å². The Morgan fingerprint density at radius 1 is 1.32 bits per heavy atom. The molecule has 4 nitrogen and oxygen atoms in total. The molecule has 0 radical (unpaired) electrons. The molecule has 0 aromatic rings. The van der Waals surface area contributed by atoms with Gasteiger partial charge in [-0.3, -0.25) is 9.69 Å². The lowest BCUT2D eigenvalue weighted by atomic mass is 9.96. The van der Waals surface area contributed by atoms with Gasteiger partial charge >= 0.3 is 0 Å². The standard InChI is InChI=1S/C15H31N3O/c1-5-12(3)17-15(19)11-18-10-8-7-9-14(18)13(4)16-6-2/h12-14,16H,5-11H2,1-4H3,(H,17,19). The molecule has 2 N–H and O–H groups in total. The van der Waals surface area contributed by atoms with Crippen LogP contribution >= 0.6 is 0 Å². The van der Waals surface area contributed by atoms with Gasteiger partial charge in [-0.25, -0.2) is 0 Å². The van der Waals surface area contributed by atoms with Crippen LogP contribution in [0.15, 0.2) is 0 Å².